The number of benzene rings is 1. The highest BCUT2D eigenvalue weighted by Crippen LogP contribution is 2.17. The molecule has 0 aliphatic rings. The lowest BCUT2D eigenvalue weighted by Crippen LogP contribution is -2.17. The van der Waals surface area contributed by atoms with Gasteiger partial charge in [-0.3, -0.25) is 4.79 Å². The third-order valence-electron chi connectivity index (χ3n) is 2.58. The predicted octanol–water partition coefficient (Wildman–Crippen LogP) is 2.20. The first kappa shape index (κ1) is 15.6. The molecule has 110 valence electrons. The molecule has 0 bridgehead atoms. The molecule has 0 aliphatic heterocycles. The molecule has 1 aromatic carbocycles. The third-order valence-corrected chi connectivity index (χ3v) is 4.02. The fourth-order valence-corrected chi connectivity index (χ4v) is 2.39. The number of anilines is 1. The van der Waals surface area contributed by atoms with E-state index in [0.717, 1.165) is 11.8 Å². The molecule has 0 aliphatic carbocycles. The summed E-state index contributed by atoms with van der Waals surface area (Å²) in [6.45, 7) is 1.94. The van der Waals surface area contributed by atoms with Crippen molar-refractivity contribution in [3.63, 3.8) is 0 Å². The van der Waals surface area contributed by atoms with Crippen LogP contribution in [0.3, 0.4) is 0 Å². The predicted molar refractivity (Wildman–Crippen MR) is 82.0 cm³/mol. The first-order valence-electron chi connectivity index (χ1n) is 5.88. The van der Waals surface area contributed by atoms with Crippen molar-refractivity contribution in [1.82, 2.24) is 9.97 Å². The van der Waals surface area contributed by atoms with Gasteiger partial charge in [0.25, 0.3) is 5.91 Å². The van der Waals surface area contributed by atoms with E-state index in [9.17, 15) is 13.2 Å². The fraction of sp³-hybridized carbons (Fsp3) is 0.154. The number of sulfone groups is 1. The summed E-state index contributed by atoms with van der Waals surface area (Å²) in [4.78, 5) is 19.7. The summed E-state index contributed by atoms with van der Waals surface area (Å²) < 4.78 is 23.2. The van der Waals surface area contributed by atoms with E-state index in [4.69, 9.17) is 0 Å². The summed E-state index contributed by atoms with van der Waals surface area (Å²) in [5.41, 5.74) is 1.62. The second-order valence-corrected chi connectivity index (χ2v) is 7.21. The van der Waals surface area contributed by atoms with Gasteiger partial charge in [-0.05, 0) is 35.0 Å². The van der Waals surface area contributed by atoms with Crippen LogP contribution < -0.4 is 5.32 Å². The van der Waals surface area contributed by atoms with Gasteiger partial charge in [-0.2, -0.15) is 0 Å². The van der Waals surface area contributed by atoms with Crippen LogP contribution in [0.5, 0.6) is 0 Å². The number of nitrogens with zero attached hydrogens (tertiary/aromatic N) is 2. The average Bonchev–Trinajstić information content (AvgIpc) is 2.40. The molecule has 2 rings (SSSR count). The van der Waals surface area contributed by atoms with Crippen LogP contribution in [0.25, 0.3) is 0 Å². The van der Waals surface area contributed by atoms with Crippen LogP contribution in [0.15, 0.2) is 40.1 Å². The van der Waals surface area contributed by atoms with E-state index in [-0.39, 0.29) is 10.9 Å². The van der Waals surface area contributed by atoms with Crippen LogP contribution in [0.2, 0.25) is 0 Å². The number of halogens is 1. The normalized spacial score (nSPS) is 11.2. The molecule has 6 nitrogen and oxygen atoms in total. The lowest BCUT2D eigenvalue weighted by atomic mass is 10.2. The molecule has 0 atom stereocenters. The van der Waals surface area contributed by atoms with E-state index < -0.39 is 15.7 Å². The van der Waals surface area contributed by atoms with E-state index in [1.165, 1.54) is 6.20 Å². The van der Waals surface area contributed by atoms with Crippen LogP contribution in [0, 0.1) is 6.92 Å². The monoisotopic (exact) mass is 369 g/mol. The first-order valence-corrected chi connectivity index (χ1v) is 8.56. The van der Waals surface area contributed by atoms with Crippen LogP contribution in [0.1, 0.15) is 16.1 Å². The highest BCUT2D eigenvalue weighted by atomic mass is 79.9. The molecule has 0 radical (unpaired) electrons. The van der Waals surface area contributed by atoms with Gasteiger partial charge in [0, 0.05) is 18.1 Å². The summed E-state index contributed by atoms with van der Waals surface area (Å²) in [5.74, 6) is -0.516. The van der Waals surface area contributed by atoms with Gasteiger partial charge < -0.3 is 5.32 Å². The van der Waals surface area contributed by atoms with Crippen LogP contribution >= 0.6 is 15.9 Å². The van der Waals surface area contributed by atoms with Gasteiger partial charge >= 0.3 is 0 Å². The second-order valence-electron chi connectivity index (χ2n) is 4.44. The van der Waals surface area contributed by atoms with Gasteiger partial charge in [0.15, 0.2) is 0 Å². The highest BCUT2D eigenvalue weighted by molar-refractivity contribution is 9.10. The molecular formula is C13H12BrN3O3S. The van der Waals surface area contributed by atoms with Crippen LogP contribution in [-0.4, -0.2) is 30.5 Å². The molecule has 0 saturated heterocycles. The molecule has 1 N–H and O–H groups in total. The van der Waals surface area contributed by atoms with Crippen molar-refractivity contribution in [2.45, 2.75) is 12.1 Å². The SMILES string of the molecule is Cc1ccc(NC(=O)c2nc(S(C)(=O)=O)ncc2Br)cc1. The maximum Gasteiger partial charge on any atom is 0.275 e. The zero-order valence-corrected chi connectivity index (χ0v) is 13.7. The maximum absolute atomic E-state index is 12.2. The summed E-state index contributed by atoms with van der Waals surface area (Å²) in [5, 5.41) is 2.26. The Morgan fingerprint density at radius 2 is 1.86 bits per heavy atom. The van der Waals surface area contributed by atoms with Gasteiger partial charge in [-0.1, -0.05) is 17.7 Å². The number of rotatable bonds is 3. The highest BCUT2D eigenvalue weighted by Gasteiger charge is 2.18. The van der Waals surface area contributed by atoms with Crippen LogP contribution in [-0.2, 0) is 9.84 Å². The molecule has 0 spiro atoms. The number of carbonyl (C=O) groups excluding carboxylic acids is 1. The van der Waals surface area contributed by atoms with Gasteiger partial charge in [-0.15, -0.1) is 0 Å². The molecule has 0 unspecified atom stereocenters. The molecular weight excluding hydrogens is 358 g/mol. The number of aromatic nitrogens is 2. The van der Waals surface area contributed by atoms with Crippen molar-refractivity contribution in [2.24, 2.45) is 0 Å². The Labute approximate surface area is 130 Å². The van der Waals surface area contributed by atoms with Crippen LogP contribution in [0.4, 0.5) is 5.69 Å². The smallest absolute Gasteiger partial charge is 0.275 e. The standard InChI is InChI=1S/C13H12BrN3O3S/c1-8-3-5-9(6-4-8)16-12(18)11-10(14)7-15-13(17-11)21(2,19)20/h3-7H,1-2H3,(H,16,18). The Bertz CT molecular complexity index is 789. The quantitative estimate of drug-likeness (QED) is 0.837. The Hall–Kier alpha value is -1.80. The molecule has 21 heavy (non-hydrogen) atoms. The van der Waals surface area contributed by atoms with Crippen molar-refractivity contribution < 1.29 is 13.2 Å². The number of carbonyl (C=O) groups is 1. The largest absolute Gasteiger partial charge is 0.321 e. The van der Waals surface area contributed by atoms with E-state index in [0.29, 0.717) is 10.2 Å². The molecule has 1 amide bonds. The number of hydrogen-bond donors (Lipinski definition) is 1. The van der Waals surface area contributed by atoms with E-state index in [2.05, 4.69) is 31.2 Å². The van der Waals surface area contributed by atoms with Crippen molar-refractivity contribution in [1.29, 1.82) is 0 Å². The van der Waals surface area contributed by atoms with Gasteiger partial charge in [0.2, 0.25) is 15.0 Å². The lowest BCUT2D eigenvalue weighted by molar-refractivity contribution is 0.102. The summed E-state index contributed by atoms with van der Waals surface area (Å²) in [6, 6.07) is 7.21. The number of nitrogens with one attached hydrogen (secondary N) is 1. The topological polar surface area (TPSA) is 89.0 Å². The fourth-order valence-electron chi connectivity index (χ4n) is 1.52. The molecule has 0 saturated carbocycles. The third kappa shape index (κ3) is 3.85. The summed E-state index contributed by atoms with van der Waals surface area (Å²) in [7, 11) is -3.58. The number of amides is 1. The average molecular weight is 370 g/mol. The second kappa shape index (κ2) is 5.90. The Morgan fingerprint density at radius 3 is 2.43 bits per heavy atom. The zero-order chi connectivity index (χ0) is 15.6. The maximum atomic E-state index is 12.2. The van der Waals surface area contributed by atoms with E-state index in [1.807, 2.05) is 19.1 Å². The first-order chi connectivity index (χ1) is 9.77. The minimum atomic E-state index is -3.58. The molecule has 2 aromatic rings. The van der Waals surface area contributed by atoms with Crippen molar-refractivity contribution >= 4 is 37.4 Å². The zero-order valence-electron chi connectivity index (χ0n) is 11.3. The van der Waals surface area contributed by atoms with Crippen molar-refractivity contribution in [3.05, 3.63) is 46.2 Å². The van der Waals surface area contributed by atoms with Gasteiger partial charge in [0.05, 0.1) is 4.47 Å². The molecule has 8 heteroatoms. The Morgan fingerprint density at radius 1 is 1.24 bits per heavy atom. The molecule has 1 heterocycles. The van der Waals surface area contributed by atoms with Crippen molar-refractivity contribution in [3.8, 4) is 0 Å². The van der Waals surface area contributed by atoms with Gasteiger partial charge in [0.1, 0.15) is 5.69 Å². The lowest BCUT2D eigenvalue weighted by Gasteiger charge is -2.07. The number of hydrogen-bond acceptors (Lipinski definition) is 5. The number of aryl methyl sites for hydroxylation is 1. The summed E-state index contributed by atoms with van der Waals surface area (Å²) in [6.07, 6.45) is 2.23. The Balaban J connectivity index is 2.32. The van der Waals surface area contributed by atoms with E-state index in [1.54, 1.807) is 12.1 Å². The van der Waals surface area contributed by atoms with Crippen molar-refractivity contribution in [2.75, 3.05) is 11.6 Å². The molecule has 0 fully saturated rings. The van der Waals surface area contributed by atoms with Gasteiger partial charge in [-0.25, -0.2) is 18.4 Å². The minimum Gasteiger partial charge on any atom is -0.321 e. The Kier molecular flexibility index (Phi) is 4.38. The molecule has 1 aromatic heterocycles. The minimum absolute atomic E-state index is 0.0361. The van der Waals surface area contributed by atoms with E-state index >= 15 is 0 Å². The summed E-state index contributed by atoms with van der Waals surface area (Å²) >= 11 is 3.14.